The number of aromatic nitrogens is 1. The van der Waals surface area contributed by atoms with E-state index in [-0.39, 0.29) is 18.5 Å². The van der Waals surface area contributed by atoms with Crippen LogP contribution < -0.4 is 5.32 Å². The molecule has 1 aliphatic carbocycles. The number of nitrogens with one attached hydrogen (secondary N) is 1. The van der Waals surface area contributed by atoms with Gasteiger partial charge in [0, 0.05) is 6.20 Å². The van der Waals surface area contributed by atoms with Crippen LogP contribution in [-0.2, 0) is 23.3 Å². The third-order valence-electron chi connectivity index (χ3n) is 4.94. The monoisotopic (exact) mass is 341 g/mol. The zero-order valence-corrected chi connectivity index (χ0v) is 13.9. The molecule has 1 saturated heterocycles. The van der Waals surface area contributed by atoms with Crippen LogP contribution in [0.4, 0.5) is 4.79 Å². The standard InChI is InChI=1S/C18H16ClN3O2/c1-11-8-15(19)20-9-13(11)10-22-16(23)18(21-17(22)24)7-6-12-4-2-3-5-14(12)18/h2-5,8-9H,6-7,10H2,1H3,(H,21,24). The lowest BCUT2D eigenvalue weighted by Crippen LogP contribution is -2.41. The number of hydrogen-bond donors (Lipinski definition) is 1. The maximum Gasteiger partial charge on any atom is 0.325 e. The Kier molecular flexibility index (Phi) is 3.35. The molecule has 122 valence electrons. The second-order valence-electron chi connectivity index (χ2n) is 6.32. The van der Waals surface area contributed by atoms with Crippen molar-refractivity contribution in [1.82, 2.24) is 15.2 Å². The van der Waals surface area contributed by atoms with Crippen molar-refractivity contribution >= 4 is 23.5 Å². The van der Waals surface area contributed by atoms with Gasteiger partial charge in [0.1, 0.15) is 10.7 Å². The molecule has 24 heavy (non-hydrogen) atoms. The summed E-state index contributed by atoms with van der Waals surface area (Å²) in [5, 5.41) is 3.33. The molecule has 4 rings (SSSR count). The van der Waals surface area contributed by atoms with E-state index in [1.807, 2.05) is 31.2 Å². The molecule has 6 heteroatoms. The summed E-state index contributed by atoms with van der Waals surface area (Å²) >= 11 is 5.87. The van der Waals surface area contributed by atoms with E-state index in [0.29, 0.717) is 11.6 Å². The number of urea groups is 1. The first-order valence-corrected chi connectivity index (χ1v) is 8.22. The fraction of sp³-hybridized carbons (Fsp3) is 0.278. The summed E-state index contributed by atoms with van der Waals surface area (Å²) in [6, 6.07) is 9.18. The average molecular weight is 342 g/mol. The van der Waals surface area contributed by atoms with Gasteiger partial charge in [-0.15, -0.1) is 0 Å². The van der Waals surface area contributed by atoms with Gasteiger partial charge in [0.25, 0.3) is 5.91 Å². The van der Waals surface area contributed by atoms with Gasteiger partial charge in [0.15, 0.2) is 0 Å². The highest BCUT2D eigenvalue weighted by molar-refractivity contribution is 6.29. The Bertz CT molecular complexity index is 867. The quantitative estimate of drug-likeness (QED) is 0.674. The number of carbonyl (C=O) groups excluding carboxylic acids is 2. The number of carbonyl (C=O) groups is 2. The summed E-state index contributed by atoms with van der Waals surface area (Å²) < 4.78 is 0. The van der Waals surface area contributed by atoms with Gasteiger partial charge in [-0.05, 0) is 48.1 Å². The molecule has 2 heterocycles. The number of imide groups is 1. The molecular formula is C18H16ClN3O2. The van der Waals surface area contributed by atoms with Crippen LogP contribution in [-0.4, -0.2) is 21.8 Å². The zero-order valence-electron chi connectivity index (χ0n) is 13.2. The lowest BCUT2D eigenvalue weighted by molar-refractivity contribution is -0.132. The normalized spacial score (nSPS) is 22.2. The highest BCUT2D eigenvalue weighted by Gasteiger charge is 2.55. The first-order valence-electron chi connectivity index (χ1n) is 7.85. The third kappa shape index (κ3) is 2.12. The van der Waals surface area contributed by atoms with Crippen LogP contribution in [0.5, 0.6) is 0 Å². The Morgan fingerprint density at radius 3 is 2.92 bits per heavy atom. The molecule has 5 nitrogen and oxygen atoms in total. The number of benzene rings is 1. The number of rotatable bonds is 2. The van der Waals surface area contributed by atoms with Crippen LogP contribution in [0, 0.1) is 6.92 Å². The molecule has 0 bridgehead atoms. The molecule has 1 unspecified atom stereocenters. The minimum Gasteiger partial charge on any atom is -0.319 e. The van der Waals surface area contributed by atoms with E-state index in [0.717, 1.165) is 28.7 Å². The molecule has 1 fully saturated rings. The van der Waals surface area contributed by atoms with Gasteiger partial charge >= 0.3 is 6.03 Å². The molecular weight excluding hydrogens is 326 g/mol. The molecule has 3 amide bonds. The first-order chi connectivity index (χ1) is 11.5. The molecule has 2 aromatic rings. The maximum atomic E-state index is 13.1. The van der Waals surface area contributed by atoms with Crippen LogP contribution >= 0.6 is 11.6 Å². The van der Waals surface area contributed by atoms with E-state index in [9.17, 15) is 9.59 Å². The number of halogens is 1. The van der Waals surface area contributed by atoms with Gasteiger partial charge < -0.3 is 5.32 Å². The summed E-state index contributed by atoms with van der Waals surface area (Å²) in [6.07, 6.45) is 3.01. The minimum atomic E-state index is -0.915. The molecule has 1 aliphatic heterocycles. The SMILES string of the molecule is Cc1cc(Cl)ncc1CN1C(=O)NC2(CCc3ccccc32)C1=O. The molecule has 1 N–H and O–H groups in total. The van der Waals surface area contributed by atoms with Gasteiger partial charge in [-0.3, -0.25) is 9.69 Å². The van der Waals surface area contributed by atoms with E-state index in [4.69, 9.17) is 11.6 Å². The number of aryl methyl sites for hydroxylation is 2. The van der Waals surface area contributed by atoms with Gasteiger partial charge in [0.2, 0.25) is 0 Å². The Hall–Kier alpha value is -2.40. The minimum absolute atomic E-state index is 0.188. The van der Waals surface area contributed by atoms with Gasteiger partial charge in [-0.2, -0.15) is 0 Å². The second kappa shape index (κ2) is 5.31. The molecule has 0 radical (unpaired) electrons. The van der Waals surface area contributed by atoms with Gasteiger partial charge in [-0.1, -0.05) is 35.9 Å². The Morgan fingerprint density at radius 2 is 2.12 bits per heavy atom. The molecule has 1 atom stereocenters. The Labute approximate surface area is 144 Å². The van der Waals surface area contributed by atoms with Crippen LogP contribution in [0.25, 0.3) is 0 Å². The predicted molar refractivity (Wildman–Crippen MR) is 89.5 cm³/mol. The molecule has 1 aromatic heterocycles. The predicted octanol–water partition coefficient (Wildman–Crippen LogP) is 2.94. The number of fused-ring (bicyclic) bond motifs is 2. The smallest absolute Gasteiger partial charge is 0.319 e. The van der Waals surface area contributed by atoms with Crippen LogP contribution in [0.2, 0.25) is 5.15 Å². The number of pyridine rings is 1. The van der Waals surface area contributed by atoms with Crippen LogP contribution in [0.15, 0.2) is 36.5 Å². The van der Waals surface area contributed by atoms with E-state index >= 15 is 0 Å². The van der Waals surface area contributed by atoms with Gasteiger partial charge in [-0.25, -0.2) is 9.78 Å². The Morgan fingerprint density at radius 1 is 1.33 bits per heavy atom. The topological polar surface area (TPSA) is 62.3 Å². The van der Waals surface area contributed by atoms with Crippen LogP contribution in [0.1, 0.15) is 28.7 Å². The van der Waals surface area contributed by atoms with Crippen molar-refractivity contribution in [3.8, 4) is 0 Å². The first kappa shape index (κ1) is 15.1. The Balaban J connectivity index is 1.68. The van der Waals surface area contributed by atoms with Crippen molar-refractivity contribution in [3.63, 3.8) is 0 Å². The fourth-order valence-corrected chi connectivity index (χ4v) is 3.83. The molecule has 1 aromatic carbocycles. The number of nitrogens with zero attached hydrogens (tertiary/aromatic N) is 2. The largest absolute Gasteiger partial charge is 0.325 e. The van der Waals surface area contributed by atoms with Crippen molar-refractivity contribution in [2.45, 2.75) is 31.8 Å². The summed E-state index contributed by atoms with van der Waals surface area (Å²) in [5.74, 6) is -0.188. The van der Waals surface area contributed by atoms with Crippen molar-refractivity contribution in [1.29, 1.82) is 0 Å². The lowest BCUT2D eigenvalue weighted by Gasteiger charge is -2.22. The van der Waals surface area contributed by atoms with Crippen molar-refractivity contribution in [2.75, 3.05) is 0 Å². The summed E-state index contributed by atoms with van der Waals surface area (Å²) in [4.78, 5) is 30.9. The average Bonchev–Trinajstić information content (AvgIpc) is 3.04. The lowest BCUT2D eigenvalue weighted by atomic mass is 9.92. The molecule has 0 saturated carbocycles. The summed E-state index contributed by atoms with van der Waals surface area (Å²) in [7, 11) is 0. The maximum absolute atomic E-state index is 13.1. The van der Waals surface area contributed by atoms with Crippen molar-refractivity contribution in [3.05, 3.63) is 63.9 Å². The van der Waals surface area contributed by atoms with Crippen molar-refractivity contribution < 1.29 is 9.59 Å². The van der Waals surface area contributed by atoms with E-state index in [1.54, 1.807) is 12.3 Å². The summed E-state index contributed by atoms with van der Waals surface area (Å²) in [5.41, 5.74) is 2.84. The van der Waals surface area contributed by atoms with Gasteiger partial charge in [0.05, 0.1) is 6.54 Å². The second-order valence-corrected chi connectivity index (χ2v) is 6.70. The highest BCUT2D eigenvalue weighted by atomic mass is 35.5. The summed E-state index contributed by atoms with van der Waals surface area (Å²) in [6.45, 7) is 2.09. The fourth-order valence-electron chi connectivity index (χ4n) is 3.62. The third-order valence-corrected chi connectivity index (χ3v) is 5.14. The van der Waals surface area contributed by atoms with E-state index in [2.05, 4.69) is 10.3 Å². The molecule has 1 spiro atoms. The molecule has 2 aliphatic rings. The number of amides is 3. The van der Waals surface area contributed by atoms with Crippen molar-refractivity contribution in [2.24, 2.45) is 0 Å². The van der Waals surface area contributed by atoms with E-state index in [1.165, 1.54) is 4.90 Å². The van der Waals surface area contributed by atoms with E-state index < -0.39 is 5.54 Å². The zero-order chi connectivity index (χ0) is 16.9. The number of hydrogen-bond acceptors (Lipinski definition) is 3. The van der Waals surface area contributed by atoms with Crippen LogP contribution in [0.3, 0.4) is 0 Å². The highest BCUT2D eigenvalue weighted by Crippen LogP contribution is 2.41.